The van der Waals surface area contributed by atoms with Gasteiger partial charge >= 0.3 is 0 Å². The molecule has 0 aliphatic rings. The van der Waals surface area contributed by atoms with Crippen LogP contribution in [0.2, 0.25) is 0 Å². The van der Waals surface area contributed by atoms with E-state index in [1.165, 1.54) is 12.1 Å². The largest absolute Gasteiger partial charge is 0.494 e. The number of aromatic nitrogens is 3. The van der Waals surface area contributed by atoms with Crippen LogP contribution in [0.15, 0.2) is 83.8 Å². The third-order valence-corrected chi connectivity index (χ3v) is 6.22. The monoisotopic (exact) mass is 464 g/mol. The third-order valence-electron chi connectivity index (χ3n) is 4.78. The van der Waals surface area contributed by atoms with Crippen molar-refractivity contribution in [2.24, 2.45) is 0 Å². The summed E-state index contributed by atoms with van der Waals surface area (Å²) in [5.74, 6) is 2.84. The minimum Gasteiger partial charge on any atom is -0.494 e. The van der Waals surface area contributed by atoms with Gasteiger partial charge in [0, 0.05) is 0 Å². The zero-order valence-electron chi connectivity index (χ0n) is 18.2. The Bertz CT molecular complexity index is 1290. The van der Waals surface area contributed by atoms with E-state index in [-0.39, 0.29) is 4.90 Å². The number of nitrogens with zero attached hydrogens (tertiary/aromatic N) is 2. The van der Waals surface area contributed by atoms with Crippen LogP contribution >= 0.6 is 0 Å². The molecule has 1 unspecified atom stereocenters. The zero-order valence-corrected chi connectivity index (χ0v) is 19.0. The van der Waals surface area contributed by atoms with E-state index in [4.69, 9.17) is 9.47 Å². The summed E-state index contributed by atoms with van der Waals surface area (Å²) >= 11 is 0. The van der Waals surface area contributed by atoms with Crippen molar-refractivity contribution in [3.05, 3.63) is 96.1 Å². The van der Waals surface area contributed by atoms with Crippen LogP contribution in [0.5, 0.6) is 17.2 Å². The summed E-state index contributed by atoms with van der Waals surface area (Å²) < 4.78 is 40.2. The maximum atomic E-state index is 13.1. The summed E-state index contributed by atoms with van der Waals surface area (Å²) in [4.78, 5) is 4.43. The van der Waals surface area contributed by atoms with E-state index in [1.807, 2.05) is 49.4 Å². The number of hydrogen-bond acceptors (Lipinski definition) is 6. The molecule has 4 rings (SSSR count). The second-order valence-corrected chi connectivity index (χ2v) is 8.94. The minimum absolute atomic E-state index is 0.106. The lowest BCUT2D eigenvalue weighted by atomic mass is 10.1. The van der Waals surface area contributed by atoms with Crippen molar-refractivity contribution in [1.29, 1.82) is 0 Å². The lowest BCUT2D eigenvalue weighted by Crippen LogP contribution is -2.30. The number of ether oxygens (including phenoxy) is 2. The topological polar surface area (TPSA) is 106 Å². The number of aromatic amines is 1. The molecule has 8 nitrogen and oxygen atoms in total. The zero-order chi connectivity index (χ0) is 23.3. The number of rotatable bonds is 9. The number of benzene rings is 3. The molecular weight excluding hydrogens is 440 g/mol. The molecule has 9 heteroatoms. The van der Waals surface area contributed by atoms with Gasteiger partial charge in [-0.05, 0) is 67.9 Å². The first-order valence-electron chi connectivity index (χ1n) is 10.4. The highest BCUT2D eigenvalue weighted by Crippen LogP contribution is 2.26. The van der Waals surface area contributed by atoms with Gasteiger partial charge in [-0.15, -0.1) is 0 Å². The van der Waals surface area contributed by atoms with Crippen molar-refractivity contribution in [2.45, 2.75) is 24.8 Å². The van der Waals surface area contributed by atoms with Crippen molar-refractivity contribution in [3.63, 3.8) is 0 Å². The average Bonchev–Trinajstić information content (AvgIpc) is 3.26. The first-order valence-corrected chi connectivity index (χ1v) is 11.9. The van der Waals surface area contributed by atoms with Crippen molar-refractivity contribution in [2.75, 3.05) is 6.61 Å². The highest BCUT2D eigenvalue weighted by Gasteiger charge is 2.26. The normalized spacial score (nSPS) is 12.3. The van der Waals surface area contributed by atoms with Crippen LogP contribution in [0.3, 0.4) is 0 Å². The highest BCUT2D eigenvalue weighted by molar-refractivity contribution is 7.89. The molecule has 170 valence electrons. The van der Waals surface area contributed by atoms with Crippen molar-refractivity contribution in [1.82, 2.24) is 19.9 Å². The fourth-order valence-electron chi connectivity index (χ4n) is 3.22. The highest BCUT2D eigenvalue weighted by atomic mass is 32.2. The van der Waals surface area contributed by atoms with Crippen molar-refractivity contribution in [3.8, 4) is 17.2 Å². The van der Waals surface area contributed by atoms with E-state index in [0.29, 0.717) is 29.8 Å². The lowest BCUT2D eigenvalue weighted by molar-refractivity contribution is 0.339. The van der Waals surface area contributed by atoms with Gasteiger partial charge in [0.2, 0.25) is 10.0 Å². The third kappa shape index (κ3) is 5.57. The SMILES string of the molecule is CCOc1ccc(Oc2ccc(S(=O)(=O)NC(c3ccccc3)c3n[nH]c(C)n3)cc2)cc1. The molecule has 33 heavy (non-hydrogen) atoms. The van der Waals surface area contributed by atoms with E-state index in [0.717, 1.165) is 11.3 Å². The molecule has 0 saturated heterocycles. The lowest BCUT2D eigenvalue weighted by Gasteiger charge is -2.17. The molecular formula is C24H24N4O4S. The maximum absolute atomic E-state index is 13.1. The van der Waals surface area contributed by atoms with E-state index >= 15 is 0 Å². The van der Waals surface area contributed by atoms with Gasteiger partial charge in [0.25, 0.3) is 0 Å². The molecule has 3 aromatic carbocycles. The van der Waals surface area contributed by atoms with Crippen LogP contribution in [-0.4, -0.2) is 30.2 Å². The first-order chi connectivity index (χ1) is 15.9. The molecule has 1 atom stereocenters. The predicted octanol–water partition coefficient (Wildman–Crippen LogP) is 4.37. The van der Waals surface area contributed by atoms with Crippen molar-refractivity contribution < 1.29 is 17.9 Å². The van der Waals surface area contributed by atoms with E-state index < -0.39 is 16.1 Å². The molecule has 0 amide bonds. The maximum Gasteiger partial charge on any atom is 0.241 e. The van der Waals surface area contributed by atoms with Crippen LogP contribution < -0.4 is 14.2 Å². The van der Waals surface area contributed by atoms with Gasteiger partial charge < -0.3 is 9.47 Å². The Balaban J connectivity index is 1.52. The molecule has 2 N–H and O–H groups in total. The molecule has 1 heterocycles. The number of sulfonamides is 1. The molecule has 0 radical (unpaired) electrons. The fourth-order valence-corrected chi connectivity index (χ4v) is 4.40. The summed E-state index contributed by atoms with van der Waals surface area (Å²) in [7, 11) is -3.86. The van der Waals surface area contributed by atoms with Crippen LogP contribution in [0.4, 0.5) is 0 Å². The second-order valence-electron chi connectivity index (χ2n) is 7.22. The number of nitrogens with one attached hydrogen (secondary N) is 2. The van der Waals surface area contributed by atoms with Gasteiger partial charge in [0.1, 0.15) is 29.1 Å². The summed E-state index contributed by atoms with van der Waals surface area (Å²) in [6.07, 6.45) is 0. The molecule has 0 saturated carbocycles. The molecule has 0 bridgehead atoms. The van der Waals surface area contributed by atoms with Gasteiger partial charge in [-0.1, -0.05) is 30.3 Å². The van der Waals surface area contributed by atoms with E-state index in [2.05, 4.69) is 19.9 Å². The standard InChI is InChI=1S/C24H24N4O4S/c1-3-31-19-9-11-20(12-10-19)32-21-13-15-22(16-14-21)33(29,30)28-23(18-7-5-4-6-8-18)24-25-17(2)26-27-24/h4-16,23,28H,3H2,1-2H3,(H,25,26,27). The van der Waals surface area contributed by atoms with Crippen LogP contribution in [0.1, 0.15) is 30.2 Å². The quantitative estimate of drug-likeness (QED) is 0.381. The number of aryl methyl sites for hydroxylation is 1. The average molecular weight is 465 g/mol. The summed E-state index contributed by atoms with van der Waals surface area (Å²) in [6, 6.07) is 21.9. The Morgan fingerprint density at radius 3 is 2.09 bits per heavy atom. The number of H-pyrrole nitrogens is 1. The first kappa shape index (κ1) is 22.5. The van der Waals surface area contributed by atoms with Crippen LogP contribution in [-0.2, 0) is 10.0 Å². The summed E-state index contributed by atoms with van der Waals surface area (Å²) in [5, 5.41) is 6.92. The molecule has 0 spiro atoms. The molecule has 4 aromatic rings. The van der Waals surface area contributed by atoms with E-state index in [9.17, 15) is 8.42 Å². The minimum atomic E-state index is -3.86. The smallest absolute Gasteiger partial charge is 0.241 e. The summed E-state index contributed by atoms with van der Waals surface area (Å²) in [5.41, 5.74) is 0.732. The fraction of sp³-hybridized carbons (Fsp3) is 0.167. The Labute approximate surface area is 192 Å². The van der Waals surface area contributed by atoms with Crippen LogP contribution in [0.25, 0.3) is 0 Å². The molecule has 0 aliphatic carbocycles. The second kappa shape index (κ2) is 9.85. The molecule has 0 aliphatic heterocycles. The van der Waals surface area contributed by atoms with Crippen molar-refractivity contribution >= 4 is 10.0 Å². The van der Waals surface area contributed by atoms with Gasteiger partial charge in [0.05, 0.1) is 11.5 Å². The Kier molecular flexibility index (Phi) is 6.71. The number of hydrogen-bond donors (Lipinski definition) is 2. The van der Waals surface area contributed by atoms with Gasteiger partial charge in [-0.2, -0.15) is 9.82 Å². The Morgan fingerprint density at radius 1 is 0.909 bits per heavy atom. The summed E-state index contributed by atoms with van der Waals surface area (Å²) in [6.45, 7) is 4.27. The Hall–Kier alpha value is -3.69. The molecule has 0 fully saturated rings. The van der Waals surface area contributed by atoms with Gasteiger partial charge in [-0.25, -0.2) is 13.4 Å². The van der Waals surface area contributed by atoms with Gasteiger partial charge in [-0.3, -0.25) is 5.10 Å². The predicted molar refractivity (Wildman–Crippen MR) is 124 cm³/mol. The van der Waals surface area contributed by atoms with Gasteiger partial charge in [0.15, 0.2) is 5.82 Å². The van der Waals surface area contributed by atoms with E-state index in [1.54, 1.807) is 31.2 Å². The Morgan fingerprint density at radius 2 is 1.52 bits per heavy atom. The van der Waals surface area contributed by atoms with Crippen LogP contribution in [0, 0.1) is 6.92 Å². The molecule has 1 aromatic heterocycles.